The molecule has 0 saturated carbocycles. The zero-order valence-corrected chi connectivity index (χ0v) is 15.4. The number of carbonyl (C=O) groups is 3. The molecular formula is C20H19N5O3. The molecule has 0 bridgehead atoms. The number of nitrogens with one attached hydrogen (secondary N) is 4. The maximum Gasteiger partial charge on any atom is 0.255 e. The quantitative estimate of drug-likeness (QED) is 0.546. The van der Waals surface area contributed by atoms with E-state index in [1.807, 2.05) is 24.3 Å². The Kier molecular flexibility index (Phi) is 5.50. The Morgan fingerprint density at radius 1 is 0.821 bits per heavy atom. The zero-order valence-electron chi connectivity index (χ0n) is 15.4. The van der Waals surface area contributed by atoms with E-state index >= 15 is 0 Å². The van der Waals surface area contributed by atoms with Crippen LogP contribution in [-0.4, -0.2) is 27.9 Å². The Morgan fingerprint density at radius 3 is 2.07 bits per heavy atom. The van der Waals surface area contributed by atoms with Crippen molar-refractivity contribution in [2.75, 3.05) is 16.0 Å². The summed E-state index contributed by atoms with van der Waals surface area (Å²) in [4.78, 5) is 35.5. The summed E-state index contributed by atoms with van der Waals surface area (Å²) in [6.45, 7) is 2.73. The van der Waals surface area contributed by atoms with Crippen molar-refractivity contribution in [2.24, 2.45) is 0 Å². The smallest absolute Gasteiger partial charge is 0.255 e. The molecule has 0 radical (unpaired) electrons. The molecule has 0 fully saturated rings. The van der Waals surface area contributed by atoms with E-state index in [4.69, 9.17) is 0 Å². The van der Waals surface area contributed by atoms with E-state index < -0.39 is 0 Å². The summed E-state index contributed by atoms with van der Waals surface area (Å²) in [6, 6.07) is 13.8. The summed E-state index contributed by atoms with van der Waals surface area (Å²) in [5, 5.41) is 14.9. The Balaban J connectivity index is 1.86. The number of anilines is 3. The number of aromatic amines is 1. The van der Waals surface area contributed by atoms with Gasteiger partial charge in [0.1, 0.15) is 0 Å². The minimum Gasteiger partial charge on any atom is -0.326 e. The summed E-state index contributed by atoms with van der Waals surface area (Å²) in [5.41, 5.74) is 3.42. The predicted molar refractivity (Wildman–Crippen MR) is 107 cm³/mol. The van der Waals surface area contributed by atoms with E-state index in [0.717, 1.165) is 11.3 Å². The lowest BCUT2D eigenvalue weighted by molar-refractivity contribution is -0.115. The fraction of sp³-hybridized carbons (Fsp3) is 0.100. The van der Waals surface area contributed by atoms with Crippen LogP contribution in [0.2, 0.25) is 0 Å². The van der Waals surface area contributed by atoms with Gasteiger partial charge in [-0.2, -0.15) is 5.10 Å². The highest BCUT2D eigenvalue weighted by Crippen LogP contribution is 2.23. The van der Waals surface area contributed by atoms with Crippen LogP contribution in [0.5, 0.6) is 0 Å². The predicted octanol–water partition coefficient (Wildman–Crippen LogP) is 3.25. The molecule has 0 aliphatic heterocycles. The van der Waals surface area contributed by atoms with E-state index in [2.05, 4.69) is 26.1 Å². The average Bonchev–Trinajstić information content (AvgIpc) is 3.15. The minimum absolute atomic E-state index is 0.279. The fourth-order valence-electron chi connectivity index (χ4n) is 2.69. The van der Waals surface area contributed by atoms with Gasteiger partial charge in [-0.25, -0.2) is 0 Å². The molecule has 4 N–H and O–H groups in total. The third-order valence-electron chi connectivity index (χ3n) is 3.77. The molecular weight excluding hydrogens is 358 g/mol. The van der Waals surface area contributed by atoms with Gasteiger partial charge in [0.15, 0.2) is 0 Å². The second-order valence-electron chi connectivity index (χ2n) is 6.17. The van der Waals surface area contributed by atoms with Gasteiger partial charge in [0, 0.05) is 48.2 Å². The number of H-pyrrole nitrogens is 1. The lowest BCUT2D eigenvalue weighted by Gasteiger charge is -2.11. The van der Waals surface area contributed by atoms with Gasteiger partial charge < -0.3 is 16.0 Å². The lowest BCUT2D eigenvalue weighted by atomic mass is 10.1. The van der Waals surface area contributed by atoms with Gasteiger partial charge in [-0.1, -0.05) is 12.1 Å². The van der Waals surface area contributed by atoms with Crippen LogP contribution in [0.4, 0.5) is 17.1 Å². The fourth-order valence-corrected chi connectivity index (χ4v) is 2.69. The van der Waals surface area contributed by atoms with Crippen LogP contribution in [0.25, 0.3) is 11.3 Å². The van der Waals surface area contributed by atoms with Gasteiger partial charge in [-0.3, -0.25) is 19.5 Å². The van der Waals surface area contributed by atoms with Crippen LogP contribution in [-0.2, 0) is 9.59 Å². The number of carbonyl (C=O) groups excluding carboxylic acids is 3. The van der Waals surface area contributed by atoms with Gasteiger partial charge in [0.25, 0.3) is 5.91 Å². The molecule has 8 heteroatoms. The van der Waals surface area contributed by atoms with Crippen molar-refractivity contribution < 1.29 is 14.4 Å². The number of benzene rings is 2. The first-order valence-electron chi connectivity index (χ1n) is 8.52. The van der Waals surface area contributed by atoms with E-state index in [1.165, 1.54) is 13.8 Å². The van der Waals surface area contributed by atoms with Crippen molar-refractivity contribution in [3.8, 4) is 11.3 Å². The summed E-state index contributed by atoms with van der Waals surface area (Å²) in [7, 11) is 0. The van der Waals surface area contributed by atoms with Gasteiger partial charge >= 0.3 is 0 Å². The number of amides is 3. The first-order valence-corrected chi connectivity index (χ1v) is 8.52. The highest BCUT2D eigenvalue weighted by atomic mass is 16.2. The van der Waals surface area contributed by atoms with Crippen molar-refractivity contribution in [2.45, 2.75) is 13.8 Å². The molecule has 3 aromatic rings. The van der Waals surface area contributed by atoms with Crippen molar-refractivity contribution in [1.82, 2.24) is 10.2 Å². The third kappa shape index (κ3) is 4.82. The topological polar surface area (TPSA) is 116 Å². The highest BCUT2D eigenvalue weighted by molar-refractivity contribution is 6.07. The standard InChI is InChI=1S/C20H19N5O3/c1-12(26)22-17-9-15(10-18(11-17)23-13(2)27)20(28)24-16-5-3-4-14(8-16)19-6-7-21-25-19/h3-11H,1-2H3,(H,21,25)(H,22,26)(H,23,27)(H,24,28). The molecule has 0 aliphatic rings. The molecule has 2 aromatic carbocycles. The second kappa shape index (κ2) is 8.17. The summed E-state index contributed by atoms with van der Waals surface area (Å²) in [5.74, 6) is -0.933. The van der Waals surface area contributed by atoms with Crippen LogP contribution >= 0.6 is 0 Å². The van der Waals surface area contributed by atoms with E-state index in [1.54, 1.807) is 30.5 Å². The van der Waals surface area contributed by atoms with Gasteiger partial charge in [-0.15, -0.1) is 0 Å². The Bertz CT molecular complexity index is 994. The van der Waals surface area contributed by atoms with E-state index in [-0.39, 0.29) is 17.7 Å². The normalized spacial score (nSPS) is 10.2. The number of hydrogen-bond donors (Lipinski definition) is 4. The molecule has 0 spiro atoms. The SMILES string of the molecule is CC(=O)Nc1cc(NC(C)=O)cc(C(=O)Nc2cccc(-c3ccn[nH]3)c2)c1. The van der Waals surface area contributed by atoms with Crippen molar-refractivity contribution >= 4 is 34.8 Å². The third-order valence-corrected chi connectivity index (χ3v) is 3.77. The molecule has 0 unspecified atom stereocenters. The van der Waals surface area contributed by atoms with Crippen molar-refractivity contribution in [3.63, 3.8) is 0 Å². The maximum absolute atomic E-state index is 12.7. The zero-order chi connectivity index (χ0) is 20.1. The number of rotatable bonds is 5. The largest absolute Gasteiger partial charge is 0.326 e. The molecule has 3 rings (SSSR count). The van der Waals surface area contributed by atoms with Gasteiger partial charge in [0.2, 0.25) is 11.8 Å². The number of hydrogen-bond acceptors (Lipinski definition) is 4. The first-order chi connectivity index (χ1) is 13.4. The van der Waals surface area contributed by atoms with Crippen LogP contribution in [0.1, 0.15) is 24.2 Å². The molecule has 0 aliphatic carbocycles. The van der Waals surface area contributed by atoms with E-state index in [9.17, 15) is 14.4 Å². The second-order valence-corrected chi connectivity index (χ2v) is 6.17. The van der Waals surface area contributed by atoms with Crippen LogP contribution in [0.3, 0.4) is 0 Å². The van der Waals surface area contributed by atoms with E-state index in [0.29, 0.717) is 22.6 Å². The molecule has 28 heavy (non-hydrogen) atoms. The number of nitrogens with zero attached hydrogens (tertiary/aromatic N) is 1. The van der Waals surface area contributed by atoms with Crippen LogP contribution in [0.15, 0.2) is 54.7 Å². The molecule has 3 amide bonds. The van der Waals surface area contributed by atoms with Gasteiger partial charge in [-0.05, 0) is 36.4 Å². The van der Waals surface area contributed by atoms with Gasteiger partial charge in [0.05, 0.1) is 5.69 Å². The Hall–Kier alpha value is -3.94. The van der Waals surface area contributed by atoms with Crippen molar-refractivity contribution in [1.29, 1.82) is 0 Å². The Labute approximate surface area is 161 Å². The Morgan fingerprint density at radius 2 is 1.50 bits per heavy atom. The van der Waals surface area contributed by atoms with Crippen LogP contribution < -0.4 is 16.0 Å². The van der Waals surface area contributed by atoms with Crippen molar-refractivity contribution in [3.05, 3.63) is 60.3 Å². The van der Waals surface area contributed by atoms with Crippen LogP contribution in [0, 0.1) is 0 Å². The molecule has 0 saturated heterocycles. The molecule has 8 nitrogen and oxygen atoms in total. The molecule has 1 aromatic heterocycles. The first kappa shape index (κ1) is 18.8. The molecule has 142 valence electrons. The molecule has 1 heterocycles. The highest BCUT2D eigenvalue weighted by Gasteiger charge is 2.12. The molecule has 0 atom stereocenters. The summed E-state index contributed by atoms with van der Waals surface area (Å²) in [6.07, 6.45) is 1.65. The summed E-state index contributed by atoms with van der Waals surface area (Å²) >= 11 is 0. The minimum atomic E-state index is -0.374. The maximum atomic E-state index is 12.7. The number of aromatic nitrogens is 2. The monoisotopic (exact) mass is 377 g/mol. The summed E-state index contributed by atoms with van der Waals surface area (Å²) < 4.78 is 0. The average molecular weight is 377 g/mol. The lowest BCUT2D eigenvalue weighted by Crippen LogP contribution is -2.15.